The normalized spacial score (nSPS) is 9.81. The smallest absolute Gasteiger partial charge is 0.276 e. The Kier molecular flexibility index (Phi) is 3.89. The molecule has 0 bridgehead atoms. The number of carbonyl (C=O) groups is 1. The molecule has 0 aliphatic heterocycles. The molecule has 0 aromatic carbocycles. The van der Waals surface area contributed by atoms with E-state index in [1.807, 2.05) is 13.0 Å². The van der Waals surface area contributed by atoms with E-state index in [2.05, 4.69) is 5.10 Å². The number of amides is 1. The summed E-state index contributed by atoms with van der Waals surface area (Å²) in [6, 6.07) is 2.01. The molecule has 2 N–H and O–H groups in total. The molecule has 1 aromatic heterocycles. The van der Waals surface area contributed by atoms with Crippen molar-refractivity contribution in [3.05, 3.63) is 11.9 Å². The number of carbonyl (C=O) groups excluding carboxylic acids is 1. The monoisotopic (exact) mass is 221 g/mol. The SMILES string of the molecule is CCN(CCC#N)C(=O)c1nn(C)cc1N. The number of nitrogens with two attached hydrogens (primary N) is 1. The lowest BCUT2D eigenvalue weighted by Crippen LogP contribution is -2.32. The van der Waals surface area contributed by atoms with Crippen LogP contribution in [0.5, 0.6) is 0 Å². The van der Waals surface area contributed by atoms with Crippen LogP contribution in [0.2, 0.25) is 0 Å². The third-order valence-corrected chi connectivity index (χ3v) is 2.22. The third-order valence-electron chi connectivity index (χ3n) is 2.22. The number of hydrogen-bond acceptors (Lipinski definition) is 4. The second-order valence-corrected chi connectivity index (χ2v) is 3.40. The van der Waals surface area contributed by atoms with Gasteiger partial charge in [0.1, 0.15) is 0 Å². The highest BCUT2D eigenvalue weighted by atomic mass is 16.2. The number of aryl methyl sites for hydroxylation is 1. The van der Waals surface area contributed by atoms with Gasteiger partial charge in [-0.15, -0.1) is 0 Å². The Morgan fingerprint density at radius 2 is 2.44 bits per heavy atom. The molecule has 0 aliphatic rings. The minimum Gasteiger partial charge on any atom is -0.396 e. The standard InChI is InChI=1S/C10H15N5O/c1-3-15(6-4-5-11)10(16)9-8(12)7-14(2)13-9/h7H,3-4,6,12H2,1-2H3. The average molecular weight is 221 g/mol. The predicted molar refractivity (Wildman–Crippen MR) is 59.4 cm³/mol. The van der Waals surface area contributed by atoms with E-state index in [1.165, 1.54) is 4.68 Å². The van der Waals surface area contributed by atoms with Crippen LogP contribution in [0.15, 0.2) is 6.20 Å². The molecule has 86 valence electrons. The maximum Gasteiger partial charge on any atom is 0.276 e. The highest BCUT2D eigenvalue weighted by molar-refractivity contribution is 5.97. The van der Waals surface area contributed by atoms with Gasteiger partial charge in [-0.1, -0.05) is 0 Å². The maximum atomic E-state index is 12.0. The van der Waals surface area contributed by atoms with E-state index in [0.29, 0.717) is 25.2 Å². The largest absolute Gasteiger partial charge is 0.396 e. The topological polar surface area (TPSA) is 87.9 Å². The zero-order valence-electron chi connectivity index (χ0n) is 9.47. The first-order valence-corrected chi connectivity index (χ1v) is 5.05. The van der Waals surface area contributed by atoms with E-state index < -0.39 is 0 Å². The molecule has 0 saturated carbocycles. The lowest BCUT2D eigenvalue weighted by atomic mass is 10.3. The predicted octanol–water partition coefficient (Wildman–Crippen LogP) is 0.378. The molecular formula is C10H15N5O. The van der Waals surface area contributed by atoms with Gasteiger partial charge in [0.2, 0.25) is 0 Å². The van der Waals surface area contributed by atoms with Gasteiger partial charge in [-0.05, 0) is 6.92 Å². The van der Waals surface area contributed by atoms with Crippen molar-refractivity contribution in [2.75, 3.05) is 18.8 Å². The van der Waals surface area contributed by atoms with Crippen LogP contribution >= 0.6 is 0 Å². The van der Waals surface area contributed by atoms with Crippen LogP contribution in [0.25, 0.3) is 0 Å². The minimum atomic E-state index is -0.226. The Balaban J connectivity index is 2.83. The van der Waals surface area contributed by atoms with Crippen molar-refractivity contribution in [1.82, 2.24) is 14.7 Å². The summed E-state index contributed by atoms with van der Waals surface area (Å²) in [7, 11) is 1.71. The summed E-state index contributed by atoms with van der Waals surface area (Å²) >= 11 is 0. The molecule has 1 amide bonds. The minimum absolute atomic E-state index is 0.226. The average Bonchev–Trinajstić information content (AvgIpc) is 2.58. The van der Waals surface area contributed by atoms with Gasteiger partial charge in [0.15, 0.2) is 5.69 Å². The Hall–Kier alpha value is -2.03. The molecule has 1 rings (SSSR count). The quantitative estimate of drug-likeness (QED) is 0.796. The first-order chi connectivity index (χ1) is 7.60. The van der Waals surface area contributed by atoms with E-state index in [0.717, 1.165) is 0 Å². The summed E-state index contributed by atoms with van der Waals surface area (Å²) in [6.45, 7) is 2.80. The molecule has 0 spiro atoms. The van der Waals surface area contributed by atoms with Gasteiger partial charge < -0.3 is 10.6 Å². The van der Waals surface area contributed by atoms with Crippen LogP contribution in [0, 0.1) is 11.3 Å². The molecule has 0 atom stereocenters. The maximum absolute atomic E-state index is 12.0. The Labute approximate surface area is 94.2 Å². The molecule has 0 fully saturated rings. The molecule has 16 heavy (non-hydrogen) atoms. The van der Waals surface area contributed by atoms with Crippen LogP contribution < -0.4 is 5.73 Å². The van der Waals surface area contributed by atoms with Crippen molar-refractivity contribution >= 4 is 11.6 Å². The van der Waals surface area contributed by atoms with Crippen LogP contribution in [0.4, 0.5) is 5.69 Å². The summed E-state index contributed by atoms with van der Waals surface area (Å²) in [5, 5.41) is 12.5. The molecule has 0 aliphatic carbocycles. The van der Waals surface area contributed by atoms with Crippen molar-refractivity contribution in [2.45, 2.75) is 13.3 Å². The fourth-order valence-corrected chi connectivity index (χ4v) is 1.41. The lowest BCUT2D eigenvalue weighted by molar-refractivity contribution is 0.0762. The third kappa shape index (κ3) is 2.51. The fraction of sp³-hybridized carbons (Fsp3) is 0.500. The van der Waals surface area contributed by atoms with E-state index in [9.17, 15) is 4.79 Å². The summed E-state index contributed by atoms with van der Waals surface area (Å²) in [6.07, 6.45) is 1.90. The van der Waals surface area contributed by atoms with E-state index in [4.69, 9.17) is 11.0 Å². The van der Waals surface area contributed by atoms with Gasteiger partial charge in [-0.25, -0.2) is 0 Å². The zero-order valence-corrected chi connectivity index (χ0v) is 9.47. The molecule has 6 heteroatoms. The molecule has 1 heterocycles. The second-order valence-electron chi connectivity index (χ2n) is 3.40. The van der Waals surface area contributed by atoms with Crippen molar-refractivity contribution in [3.63, 3.8) is 0 Å². The van der Waals surface area contributed by atoms with E-state index >= 15 is 0 Å². The summed E-state index contributed by atoms with van der Waals surface area (Å²) in [5.41, 5.74) is 6.28. The number of nitrogens with zero attached hydrogens (tertiary/aromatic N) is 4. The Morgan fingerprint density at radius 1 is 1.75 bits per heavy atom. The zero-order chi connectivity index (χ0) is 12.1. The molecule has 6 nitrogen and oxygen atoms in total. The number of rotatable bonds is 4. The lowest BCUT2D eigenvalue weighted by Gasteiger charge is -2.18. The Morgan fingerprint density at radius 3 is 2.88 bits per heavy atom. The van der Waals surface area contributed by atoms with Gasteiger partial charge in [0.05, 0.1) is 18.2 Å². The molecular weight excluding hydrogens is 206 g/mol. The van der Waals surface area contributed by atoms with E-state index in [1.54, 1.807) is 18.1 Å². The van der Waals surface area contributed by atoms with Gasteiger partial charge in [-0.2, -0.15) is 10.4 Å². The fourth-order valence-electron chi connectivity index (χ4n) is 1.41. The van der Waals surface area contributed by atoms with Gasteiger partial charge in [0, 0.05) is 26.3 Å². The van der Waals surface area contributed by atoms with Crippen molar-refractivity contribution in [2.24, 2.45) is 7.05 Å². The van der Waals surface area contributed by atoms with Gasteiger partial charge >= 0.3 is 0 Å². The number of aromatic nitrogens is 2. The van der Waals surface area contributed by atoms with Crippen LogP contribution in [0.3, 0.4) is 0 Å². The molecule has 0 saturated heterocycles. The number of hydrogen-bond donors (Lipinski definition) is 1. The summed E-state index contributed by atoms with van der Waals surface area (Å²) in [5.74, 6) is -0.226. The van der Waals surface area contributed by atoms with Gasteiger partial charge in [-0.3, -0.25) is 9.48 Å². The van der Waals surface area contributed by atoms with Crippen molar-refractivity contribution in [3.8, 4) is 6.07 Å². The van der Waals surface area contributed by atoms with Crippen LogP contribution in [-0.2, 0) is 7.05 Å². The highest BCUT2D eigenvalue weighted by Gasteiger charge is 2.19. The molecule has 0 unspecified atom stereocenters. The van der Waals surface area contributed by atoms with Crippen LogP contribution in [-0.4, -0.2) is 33.7 Å². The number of nitriles is 1. The van der Waals surface area contributed by atoms with E-state index in [-0.39, 0.29) is 11.6 Å². The number of nitrogen functional groups attached to an aromatic ring is 1. The summed E-state index contributed by atoms with van der Waals surface area (Å²) < 4.78 is 1.50. The summed E-state index contributed by atoms with van der Waals surface area (Å²) in [4.78, 5) is 13.5. The van der Waals surface area contributed by atoms with Crippen LogP contribution in [0.1, 0.15) is 23.8 Å². The molecule has 1 aromatic rings. The number of anilines is 1. The van der Waals surface area contributed by atoms with Crippen molar-refractivity contribution in [1.29, 1.82) is 5.26 Å². The second kappa shape index (κ2) is 5.16. The Bertz CT molecular complexity index is 417. The first-order valence-electron chi connectivity index (χ1n) is 5.05. The first kappa shape index (κ1) is 12.0. The van der Waals surface area contributed by atoms with Crippen molar-refractivity contribution < 1.29 is 4.79 Å². The van der Waals surface area contributed by atoms with Gasteiger partial charge in [0.25, 0.3) is 5.91 Å². The highest BCUT2D eigenvalue weighted by Crippen LogP contribution is 2.11. The molecule has 0 radical (unpaired) electrons.